The maximum absolute atomic E-state index is 5.48. The quantitative estimate of drug-likeness (QED) is 0.742. The first-order valence-electron chi connectivity index (χ1n) is 6.49. The lowest BCUT2D eigenvalue weighted by Crippen LogP contribution is -2.22. The SMILES string of the molecule is C#CCN(Cc1ccc(C)cc1)c1ccc(C)cc1. The van der Waals surface area contributed by atoms with Crippen molar-refractivity contribution in [2.45, 2.75) is 20.4 Å². The van der Waals surface area contributed by atoms with Crippen LogP contribution in [0.5, 0.6) is 0 Å². The second kappa shape index (κ2) is 6.11. The van der Waals surface area contributed by atoms with Gasteiger partial charge in [0.25, 0.3) is 0 Å². The summed E-state index contributed by atoms with van der Waals surface area (Å²) in [4.78, 5) is 2.21. The maximum atomic E-state index is 5.48. The van der Waals surface area contributed by atoms with Gasteiger partial charge in [0.05, 0.1) is 6.54 Å². The van der Waals surface area contributed by atoms with Crippen molar-refractivity contribution in [1.29, 1.82) is 0 Å². The van der Waals surface area contributed by atoms with Gasteiger partial charge in [0, 0.05) is 12.2 Å². The predicted molar refractivity (Wildman–Crippen MR) is 82.2 cm³/mol. The summed E-state index contributed by atoms with van der Waals surface area (Å²) in [6, 6.07) is 17.1. The fourth-order valence-corrected chi connectivity index (χ4v) is 2.02. The summed E-state index contributed by atoms with van der Waals surface area (Å²) in [5.41, 5.74) is 4.99. The van der Waals surface area contributed by atoms with Crippen LogP contribution in [0.2, 0.25) is 0 Å². The van der Waals surface area contributed by atoms with Crippen LogP contribution in [0.3, 0.4) is 0 Å². The molecule has 0 aliphatic rings. The van der Waals surface area contributed by atoms with Crippen LogP contribution in [0.25, 0.3) is 0 Å². The largest absolute Gasteiger partial charge is 0.356 e. The summed E-state index contributed by atoms with van der Waals surface area (Å²) in [6.07, 6.45) is 5.48. The third-order valence-corrected chi connectivity index (χ3v) is 3.18. The van der Waals surface area contributed by atoms with E-state index in [-0.39, 0.29) is 0 Å². The van der Waals surface area contributed by atoms with E-state index < -0.39 is 0 Å². The summed E-state index contributed by atoms with van der Waals surface area (Å²) in [5, 5.41) is 0. The number of terminal acetylenes is 1. The first-order chi connectivity index (χ1) is 9.19. The number of nitrogens with zero attached hydrogens (tertiary/aromatic N) is 1. The van der Waals surface area contributed by atoms with E-state index in [0.29, 0.717) is 6.54 Å². The molecule has 1 nitrogen and oxygen atoms in total. The van der Waals surface area contributed by atoms with E-state index in [2.05, 4.69) is 73.2 Å². The van der Waals surface area contributed by atoms with Gasteiger partial charge in [-0.15, -0.1) is 6.42 Å². The molecule has 0 N–H and O–H groups in total. The summed E-state index contributed by atoms with van der Waals surface area (Å²) in [7, 11) is 0. The average Bonchev–Trinajstić information content (AvgIpc) is 2.42. The van der Waals surface area contributed by atoms with E-state index in [4.69, 9.17) is 6.42 Å². The minimum atomic E-state index is 0.622. The third kappa shape index (κ3) is 3.63. The highest BCUT2D eigenvalue weighted by Crippen LogP contribution is 2.18. The van der Waals surface area contributed by atoms with Crippen LogP contribution in [0.15, 0.2) is 48.5 Å². The highest BCUT2D eigenvalue weighted by Gasteiger charge is 2.05. The van der Waals surface area contributed by atoms with Crippen molar-refractivity contribution in [1.82, 2.24) is 0 Å². The Balaban J connectivity index is 2.18. The molecule has 0 heterocycles. The Bertz CT molecular complexity index is 558. The van der Waals surface area contributed by atoms with E-state index in [1.165, 1.54) is 22.4 Å². The smallest absolute Gasteiger partial charge is 0.0795 e. The summed E-state index contributed by atoms with van der Waals surface area (Å²) < 4.78 is 0. The molecule has 0 fully saturated rings. The van der Waals surface area contributed by atoms with Gasteiger partial charge in [0.2, 0.25) is 0 Å². The minimum absolute atomic E-state index is 0.622. The van der Waals surface area contributed by atoms with Crippen molar-refractivity contribution in [2.24, 2.45) is 0 Å². The number of anilines is 1. The van der Waals surface area contributed by atoms with Gasteiger partial charge in [-0.3, -0.25) is 0 Å². The molecule has 0 bridgehead atoms. The highest BCUT2D eigenvalue weighted by molar-refractivity contribution is 5.49. The predicted octanol–water partition coefficient (Wildman–Crippen LogP) is 3.94. The Morgan fingerprint density at radius 3 is 1.95 bits per heavy atom. The Morgan fingerprint density at radius 1 is 0.895 bits per heavy atom. The molecule has 96 valence electrons. The molecular formula is C18H19N. The van der Waals surface area contributed by atoms with Crippen molar-refractivity contribution in [3.05, 3.63) is 65.2 Å². The van der Waals surface area contributed by atoms with Crippen molar-refractivity contribution >= 4 is 5.69 Å². The van der Waals surface area contributed by atoms with Gasteiger partial charge in [0.15, 0.2) is 0 Å². The van der Waals surface area contributed by atoms with E-state index >= 15 is 0 Å². The van der Waals surface area contributed by atoms with Gasteiger partial charge in [-0.05, 0) is 31.5 Å². The van der Waals surface area contributed by atoms with E-state index in [9.17, 15) is 0 Å². The molecule has 0 radical (unpaired) electrons. The zero-order valence-corrected chi connectivity index (χ0v) is 11.6. The molecule has 2 aromatic rings. The standard InChI is InChI=1S/C18H19N/c1-4-13-19(18-11-7-16(3)8-12-18)14-17-9-5-15(2)6-10-17/h1,5-12H,13-14H2,2-3H3. The van der Waals surface area contributed by atoms with Crippen LogP contribution in [0.1, 0.15) is 16.7 Å². The Kier molecular flexibility index (Phi) is 4.26. The van der Waals surface area contributed by atoms with Crippen LogP contribution in [0, 0.1) is 26.2 Å². The average molecular weight is 249 g/mol. The molecule has 19 heavy (non-hydrogen) atoms. The van der Waals surface area contributed by atoms with Crippen LogP contribution >= 0.6 is 0 Å². The van der Waals surface area contributed by atoms with E-state index in [1.807, 2.05) is 0 Å². The number of benzene rings is 2. The van der Waals surface area contributed by atoms with Crippen molar-refractivity contribution < 1.29 is 0 Å². The van der Waals surface area contributed by atoms with Gasteiger partial charge in [-0.1, -0.05) is 53.4 Å². The fraction of sp³-hybridized carbons (Fsp3) is 0.222. The van der Waals surface area contributed by atoms with Crippen molar-refractivity contribution in [3.63, 3.8) is 0 Å². The number of aryl methyl sites for hydroxylation is 2. The van der Waals surface area contributed by atoms with Crippen molar-refractivity contribution in [2.75, 3.05) is 11.4 Å². The van der Waals surface area contributed by atoms with Gasteiger partial charge >= 0.3 is 0 Å². The van der Waals surface area contributed by atoms with Crippen LogP contribution in [-0.2, 0) is 6.54 Å². The van der Waals surface area contributed by atoms with Crippen molar-refractivity contribution in [3.8, 4) is 12.3 Å². The van der Waals surface area contributed by atoms with E-state index in [1.54, 1.807) is 0 Å². The number of hydrogen-bond donors (Lipinski definition) is 0. The maximum Gasteiger partial charge on any atom is 0.0795 e. The van der Waals surface area contributed by atoms with Crippen LogP contribution < -0.4 is 4.90 Å². The van der Waals surface area contributed by atoms with Crippen LogP contribution in [0.4, 0.5) is 5.69 Å². The van der Waals surface area contributed by atoms with Gasteiger partial charge in [-0.2, -0.15) is 0 Å². The molecule has 0 spiro atoms. The molecule has 0 aliphatic carbocycles. The molecule has 0 atom stereocenters. The van der Waals surface area contributed by atoms with E-state index in [0.717, 1.165) is 6.54 Å². The lowest BCUT2D eigenvalue weighted by atomic mass is 10.1. The molecule has 0 aromatic heterocycles. The molecule has 0 aliphatic heterocycles. The molecule has 0 saturated heterocycles. The molecule has 1 heteroatoms. The highest BCUT2D eigenvalue weighted by atomic mass is 15.1. The lowest BCUT2D eigenvalue weighted by Gasteiger charge is -2.22. The third-order valence-electron chi connectivity index (χ3n) is 3.18. The molecular weight excluding hydrogens is 230 g/mol. The number of hydrogen-bond acceptors (Lipinski definition) is 1. The zero-order chi connectivity index (χ0) is 13.7. The first kappa shape index (κ1) is 13.2. The molecule has 0 saturated carbocycles. The Labute approximate surface area is 115 Å². The second-order valence-corrected chi connectivity index (χ2v) is 4.88. The normalized spacial score (nSPS) is 9.95. The molecule has 2 rings (SSSR count). The zero-order valence-electron chi connectivity index (χ0n) is 11.6. The Morgan fingerprint density at radius 2 is 1.42 bits per heavy atom. The number of rotatable bonds is 4. The molecule has 0 unspecified atom stereocenters. The monoisotopic (exact) mass is 249 g/mol. The van der Waals surface area contributed by atoms with Gasteiger partial charge < -0.3 is 4.90 Å². The lowest BCUT2D eigenvalue weighted by molar-refractivity contribution is 0.877. The summed E-state index contributed by atoms with van der Waals surface area (Å²) >= 11 is 0. The Hall–Kier alpha value is -2.20. The van der Waals surface area contributed by atoms with Gasteiger partial charge in [-0.25, -0.2) is 0 Å². The topological polar surface area (TPSA) is 3.24 Å². The molecule has 0 amide bonds. The van der Waals surface area contributed by atoms with Crippen LogP contribution in [-0.4, -0.2) is 6.54 Å². The fourth-order valence-electron chi connectivity index (χ4n) is 2.02. The summed E-state index contributed by atoms with van der Waals surface area (Å²) in [5.74, 6) is 2.74. The first-order valence-corrected chi connectivity index (χ1v) is 6.49. The minimum Gasteiger partial charge on any atom is -0.356 e. The summed E-state index contributed by atoms with van der Waals surface area (Å²) in [6.45, 7) is 5.66. The van der Waals surface area contributed by atoms with Gasteiger partial charge in [0.1, 0.15) is 0 Å². The molecule has 2 aromatic carbocycles. The second-order valence-electron chi connectivity index (χ2n) is 4.88.